The van der Waals surface area contributed by atoms with Crippen LogP contribution in [0.15, 0.2) is 15.9 Å². The maximum atomic E-state index is 3.52. The smallest absolute Gasteiger partial charge is 0.0300 e. The summed E-state index contributed by atoms with van der Waals surface area (Å²) in [4.78, 5) is 6.33. The summed E-state index contributed by atoms with van der Waals surface area (Å²) in [6.45, 7) is 5.62. The van der Waals surface area contributed by atoms with Gasteiger partial charge >= 0.3 is 0 Å². The zero-order valence-corrected chi connectivity index (χ0v) is 14.3. The number of likely N-dealkylation sites (N-methyl/N-ethyl adjacent to an activating group) is 2. The fourth-order valence-corrected chi connectivity index (χ4v) is 4.01. The second kappa shape index (κ2) is 7.74. The second-order valence-corrected chi connectivity index (χ2v) is 7.36. The Morgan fingerprint density at radius 1 is 1.58 bits per heavy atom. The van der Waals surface area contributed by atoms with Crippen LogP contribution in [-0.4, -0.2) is 56.1 Å². The van der Waals surface area contributed by atoms with E-state index in [9.17, 15) is 0 Å². The molecule has 5 heteroatoms. The third kappa shape index (κ3) is 5.16. The maximum absolute atomic E-state index is 3.52. The highest BCUT2D eigenvalue weighted by molar-refractivity contribution is 9.10. The molecule has 0 spiro atoms. The molecule has 1 atom stereocenters. The van der Waals surface area contributed by atoms with Gasteiger partial charge in [0.15, 0.2) is 0 Å². The lowest BCUT2D eigenvalue weighted by atomic mass is 10.2. The number of hydrogen-bond donors (Lipinski definition) is 1. The van der Waals surface area contributed by atoms with Gasteiger partial charge in [-0.15, -0.1) is 11.3 Å². The first-order chi connectivity index (χ1) is 9.15. The van der Waals surface area contributed by atoms with E-state index in [-0.39, 0.29) is 0 Å². The van der Waals surface area contributed by atoms with E-state index in [2.05, 4.69) is 56.6 Å². The normalized spacial score (nSPS) is 20.5. The third-order valence-corrected chi connectivity index (χ3v) is 5.48. The lowest BCUT2D eigenvalue weighted by Crippen LogP contribution is -2.39. The van der Waals surface area contributed by atoms with Crippen molar-refractivity contribution in [1.82, 2.24) is 15.1 Å². The Hall–Kier alpha value is 0.0600. The molecule has 1 aliphatic heterocycles. The molecule has 0 radical (unpaired) electrons. The fourth-order valence-electron chi connectivity index (χ4n) is 2.59. The average Bonchev–Trinajstić information content (AvgIpc) is 2.95. The summed E-state index contributed by atoms with van der Waals surface area (Å²) in [5.74, 6) is 0. The highest BCUT2D eigenvalue weighted by atomic mass is 79.9. The SMILES string of the molecule is CN(CCNCc1cc(Br)cs1)CC1CCCN1C. The Morgan fingerprint density at radius 2 is 2.42 bits per heavy atom. The molecule has 1 saturated heterocycles. The number of rotatable bonds is 7. The van der Waals surface area contributed by atoms with Crippen LogP contribution in [0, 0.1) is 0 Å². The Labute approximate surface area is 129 Å². The molecule has 0 saturated carbocycles. The van der Waals surface area contributed by atoms with Gasteiger partial charge in [-0.25, -0.2) is 0 Å². The van der Waals surface area contributed by atoms with E-state index < -0.39 is 0 Å². The van der Waals surface area contributed by atoms with Crippen molar-refractivity contribution in [3.63, 3.8) is 0 Å². The van der Waals surface area contributed by atoms with Gasteiger partial charge in [0.25, 0.3) is 0 Å². The van der Waals surface area contributed by atoms with Gasteiger partial charge in [-0.05, 0) is 55.5 Å². The minimum Gasteiger partial charge on any atom is -0.311 e. The predicted molar refractivity (Wildman–Crippen MR) is 86.9 cm³/mol. The van der Waals surface area contributed by atoms with E-state index in [1.165, 1.54) is 35.3 Å². The molecule has 1 aliphatic rings. The first-order valence-corrected chi connectivity index (χ1v) is 8.65. The van der Waals surface area contributed by atoms with Crippen LogP contribution >= 0.6 is 27.3 Å². The van der Waals surface area contributed by atoms with Gasteiger partial charge in [0, 0.05) is 47.0 Å². The molecule has 0 bridgehead atoms. The Morgan fingerprint density at radius 3 is 3.05 bits per heavy atom. The van der Waals surface area contributed by atoms with Gasteiger partial charge in [-0.2, -0.15) is 0 Å². The molecule has 1 N–H and O–H groups in total. The standard InChI is InChI=1S/C14H24BrN3S/c1-17(10-13-4-3-6-18(13)2)7-5-16-9-14-8-12(15)11-19-14/h8,11,13,16H,3-7,9-10H2,1-2H3. The van der Waals surface area contributed by atoms with Gasteiger partial charge in [-0.1, -0.05) is 0 Å². The first-order valence-electron chi connectivity index (χ1n) is 6.97. The van der Waals surface area contributed by atoms with Gasteiger partial charge in [0.2, 0.25) is 0 Å². The molecule has 1 fully saturated rings. The maximum Gasteiger partial charge on any atom is 0.0300 e. The van der Waals surface area contributed by atoms with E-state index in [4.69, 9.17) is 0 Å². The number of likely N-dealkylation sites (tertiary alicyclic amines) is 1. The molecule has 0 amide bonds. The molecule has 1 aromatic heterocycles. The summed E-state index contributed by atoms with van der Waals surface area (Å²) in [6.07, 6.45) is 2.72. The number of thiophene rings is 1. The Bertz CT molecular complexity index is 383. The van der Waals surface area contributed by atoms with Crippen molar-refractivity contribution >= 4 is 27.3 Å². The Kier molecular flexibility index (Phi) is 6.29. The summed E-state index contributed by atoms with van der Waals surface area (Å²) in [6, 6.07) is 2.95. The van der Waals surface area contributed by atoms with E-state index >= 15 is 0 Å². The topological polar surface area (TPSA) is 18.5 Å². The van der Waals surface area contributed by atoms with Crippen LogP contribution in [0.2, 0.25) is 0 Å². The zero-order chi connectivity index (χ0) is 13.7. The van der Waals surface area contributed by atoms with Crippen molar-refractivity contribution in [3.8, 4) is 0 Å². The highest BCUT2D eigenvalue weighted by Crippen LogP contribution is 2.19. The molecule has 1 aromatic rings. The fraction of sp³-hybridized carbons (Fsp3) is 0.714. The van der Waals surface area contributed by atoms with Crippen LogP contribution in [0.25, 0.3) is 0 Å². The van der Waals surface area contributed by atoms with Crippen molar-refractivity contribution in [2.75, 3.05) is 40.3 Å². The highest BCUT2D eigenvalue weighted by Gasteiger charge is 2.21. The van der Waals surface area contributed by atoms with Crippen LogP contribution in [0.5, 0.6) is 0 Å². The lowest BCUT2D eigenvalue weighted by Gasteiger charge is -2.25. The van der Waals surface area contributed by atoms with Crippen molar-refractivity contribution < 1.29 is 0 Å². The van der Waals surface area contributed by atoms with E-state index in [1.807, 2.05) is 0 Å². The van der Waals surface area contributed by atoms with Crippen molar-refractivity contribution in [2.24, 2.45) is 0 Å². The number of hydrogen-bond acceptors (Lipinski definition) is 4. The van der Waals surface area contributed by atoms with Crippen LogP contribution in [0.4, 0.5) is 0 Å². The molecule has 19 heavy (non-hydrogen) atoms. The number of nitrogens with one attached hydrogen (secondary N) is 1. The zero-order valence-electron chi connectivity index (χ0n) is 11.9. The quantitative estimate of drug-likeness (QED) is 0.766. The third-order valence-electron chi connectivity index (χ3n) is 3.79. The predicted octanol–water partition coefficient (Wildman–Crippen LogP) is 2.63. The van der Waals surface area contributed by atoms with Gasteiger partial charge < -0.3 is 15.1 Å². The first kappa shape index (κ1) is 15.4. The molecule has 2 heterocycles. The molecule has 1 unspecified atom stereocenters. The van der Waals surface area contributed by atoms with E-state index in [0.29, 0.717) is 0 Å². The van der Waals surface area contributed by atoms with Crippen molar-refractivity contribution in [1.29, 1.82) is 0 Å². The summed E-state index contributed by atoms with van der Waals surface area (Å²) in [5, 5.41) is 5.65. The number of nitrogens with zero attached hydrogens (tertiary/aromatic N) is 2. The molecule has 2 rings (SSSR count). The minimum atomic E-state index is 0.762. The minimum absolute atomic E-state index is 0.762. The molecule has 3 nitrogen and oxygen atoms in total. The summed E-state index contributed by atoms with van der Waals surface area (Å²) in [7, 11) is 4.48. The van der Waals surface area contributed by atoms with Gasteiger partial charge in [0.1, 0.15) is 0 Å². The molecule has 0 aromatic carbocycles. The van der Waals surface area contributed by atoms with Crippen molar-refractivity contribution in [2.45, 2.75) is 25.4 Å². The summed E-state index contributed by atoms with van der Waals surface area (Å²) in [5.41, 5.74) is 0. The van der Waals surface area contributed by atoms with Crippen LogP contribution in [0.1, 0.15) is 17.7 Å². The largest absolute Gasteiger partial charge is 0.311 e. The van der Waals surface area contributed by atoms with Gasteiger partial charge in [0.05, 0.1) is 0 Å². The van der Waals surface area contributed by atoms with E-state index in [1.54, 1.807) is 11.3 Å². The molecule has 0 aliphatic carbocycles. The molecular formula is C14H24BrN3S. The van der Waals surface area contributed by atoms with Crippen LogP contribution < -0.4 is 5.32 Å². The van der Waals surface area contributed by atoms with Gasteiger partial charge in [-0.3, -0.25) is 0 Å². The number of halogens is 1. The average molecular weight is 346 g/mol. The van der Waals surface area contributed by atoms with Crippen LogP contribution in [0.3, 0.4) is 0 Å². The summed E-state index contributed by atoms with van der Waals surface area (Å²) < 4.78 is 1.19. The molecule has 108 valence electrons. The monoisotopic (exact) mass is 345 g/mol. The van der Waals surface area contributed by atoms with Crippen LogP contribution in [-0.2, 0) is 6.54 Å². The van der Waals surface area contributed by atoms with Crippen molar-refractivity contribution in [3.05, 3.63) is 20.8 Å². The van der Waals surface area contributed by atoms with E-state index in [0.717, 1.165) is 25.7 Å². The summed E-state index contributed by atoms with van der Waals surface area (Å²) >= 11 is 5.29. The second-order valence-electron chi connectivity index (χ2n) is 5.45. The lowest BCUT2D eigenvalue weighted by molar-refractivity contribution is 0.220. The Balaban J connectivity index is 1.57. The molecular weight excluding hydrogens is 322 g/mol.